The number of aliphatic hydroxyl groups excluding tert-OH is 1. The molecular formula is C13H22N4O. The average Bonchev–Trinajstić information content (AvgIpc) is 2.84. The molecule has 0 amide bonds. The Morgan fingerprint density at radius 3 is 2.67 bits per heavy atom. The maximum atomic E-state index is 9.28. The molecule has 0 bridgehead atoms. The standard InChI is InChI=1S/C13H22N4O/c1-2-14-12-6-13(17-9-16-12)15-7-10-4-3-5-11(10)8-18/h6,9-11,18H,2-5,7-8H2,1H3,(H2,14,15,16,17). The van der Waals surface area contributed by atoms with Crippen molar-refractivity contribution in [2.75, 3.05) is 30.3 Å². The van der Waals surface area contributed by atoms with Crippen LogP contribution in [0.4, 0.5) is 11.6 Å². The lowest BCUT2D eigenvalue weighted by atomic mass is 9.97. The van der Waals surface area contributed by atoms with Crippen molar-refractivity contribution in [1.82, 2.24) is 9.97 Å². The van der Waals surface area contributed by atoms with Crippen molar-refractivity contribution in [3.63, 3.8) is 0 Å². The van der Waals surface area contributed by atoms with E-state index in [2.05, 4.69) is 20.6 Å². The SMILES string of the molecule is CCNc1cc(NCC2CCCC2CO)ncn1. The van der Waals surface area contributed by atoms with Crippen LogP contribution in [0.15, 0.2) is 12.4 Å². The molecule has 3 N–H and O–H groups in total. The minimum absolute atomic E-state index is 0.304. The highest BCUT2D eigenvalue weighted by molar-refractivity contribution is 5.46. The molecule has 0 aromatic carbocycles. The Balaban J connectivity index is 1.87. The first kappa shape index (κ1) is 13.1. The van der Waals surface area contributed by atoms with E-state index in [-0.39, 0.29) is 0 Å². The molecule has 1 fully saturated rings. The molecule has 5 nitrogen and oxygen atoms in total. The van der Waals surface area contributed by atoms with Crippen LogP contribution in [0.2, 0.25) is 0 Å². The van der Waals surface area contributed by atoms with E-state index in [1.165, 1.54) is 12.8 Å². The largest absolute Gasteiger partial charge is 0.396 e. The molecule has 100 valence electrons. The van der Waals surface area contributed by atoms with E-state index in [0.29, 0.717) is 18.4 Å². The molecule has 1 saturated carbocycles. The van der Waals surface area contributed by atoms with Gasteiger partial charge in [0.05, 0.1) is 0 Å². The van der Waals surface area contributed by atoms with E-state index in [0.717, 1.165) is 31.1 Å². The van der Waals surface area contributed by atoms with Gasteiger partial charge in [0.2, 0.25) is 0 Å². The van der Waals surface area contributed by atoms with Gasteiger partial charge in [-0.2, -0.15) is 0 Å². The molecule has 1 heterocycles. The molecule has 0 saturated heterocycles. The Bertz CT molecular complexity index is 372. The molecule has 2 rings (SSSR count). The zero-order valence-electron chi connectivity index (χ0n) is 10.9. The first-order valence-electron chi connectivity index (χ1n) is 6.74. The summed E-state index contributed by atoms with van der Waals surface area (Å²) in [6.07, 6.45) is 5.14. The fraction of sp³-hybridized carbons (Fsp3) is 0.692. The van der Waals surface area contributed by atoms with Crippen LogP contribution in [-0.2, 0) is 0 Å². The molecule has 1 aliphatic carbocycles. The van der Waals surface area contributed by atoms with Crippen LogP contribution in [0.3, 0.4) is 0 Å². The summed E-state index contributed by atoms with van der Waals surface area (Å²) in [7, 11) is 0. The lowest BCUT2D eigenvalue weighted by Crippen LogP contribution is -2.21. The highest BCUT2D eigenvalue weighted by Gasteiger charge is 2.26. The zero-order valence-corrected chi connectivity index (χ0v) is 10.9. The smallest absolute Gasteiger partial charge is 0.131 e. The normalized spacial score (nSPS) is 23.0. The molecule has 5 heteroatoms. The van der Waals surface area contributed by atoms with Crippen LogP contribution in [-0.4, -0.2) is 34.8 Å². The minimum atomic E-state index is 0.304. The van der Waals surface area contributed by atoms with Crippen molar-refractivity contribution in [3.8, 4) is 0 Å². The second kappa shape index (κ2) is 6.54. The molecule has 0 spiro atoms. The summed E-state index contributed by atoms with van der Waals surface area (Å²) < 4.78 is 0. The number of hydrogen-bond acceptors (Lipinski definition) is 5. The number of aromatic nitrogens is 2. The third-order valence-corrected chi connectivity index (χ3v) is 3.62. The molecule has 1 aromatic heterocycles. The van der Waals surface area contributed by atoms with E-state index in [4.69, 9.17) is 0 Å². The quantitative estimate of drug-likeness (QED) is 0.717. The predicted octanol–water partition coefficient (Wildman–Crippen LogP) is 1.73. The van der Waals surface area contributed by atoms with Crippen molar-refractivity contribution < 1.29 is 5.11 Å². The number of nitrogens with zero attached hydrogens (tertiary/aromatic N) is 2. The molecule has 1 aromatic rings. The zero-order chi connectivity index (χ0) is 12.8. The van der Waals surface area contributed by atoms with Gasteiger partial charge in [0.25, 0.3) is 0 Å². The Kier molecular flexibility index (Phi) is 4.75. The molecule has 0 radical (unpaired) electrons. The second-order valence-electron chi connectivity index (χ2n) is 4.83. The Morgan fingerprint density at radius 2 is 1.94 bits per heavy atom. The van der Waals surface area contributed by atoms with Crippen LogP contribution in [0.5, 0.6) is 0 Å². The van der Waals surface area contributed by atoms with E-state index >= 15 is 0 Å². The molecule has 18 heavy (non-hydrogen) atoms. The van der Waals surface area contributed by atoms with Gasteiger partial charge in [0.15, 0.2) is 0 Å². The van der Waals surface area contributed by atoms with Gasteiger partial charge in [-0.05, 0) is 31.6 Å². The molecular weight excluding hydrogens is 228 g/mol. The third kappa shape index (κ3) is 3.32. The van der Waals surface area contributed by atoms with Crippen LogP contribution >= 0.6 is 0 Å². The topological polar surface area (TPSA) is 70.1 Å². The van der Waals surface area contributed by atoms with Crippen LogP contribution in [0, 0.1) is 11.8 Å². The highest BCUT2D eigenvalue weighted by Crippen LogP contribution is 2.31. The van der Waals surface area contributed by atoms with Gasteiger partial charge in [-0.25, -0.2) is 9.97 Å². The van der Waals surface area contributed by atoms with Gasteiger partial charge >= 0.3 is 0 Å². The maximum Gasteiger partial charge on any atom is 0.131 e. The summed E-state index contributed by atoms with van der Waals surface area (Å²) in [5.41, 5.74) is 0. The van der Waals surface area contributed by atoms with E-state index < -0.39 is 0 Å². The number of hydrogen-bond donors (Lipinski definition) is 3. The van der Waals surface area contributed by atoms with Crippen LogP contribution in [0.25, 0.3) is 0 Å². The lowest BCUT2D eigenvalue weighted by molar-refractivity contribution is 0.199. The monoisotopic (exact) mass is 250 g/mol. The lowest BCUT2D eigenvalue weighted by Gasteiger charge is -2.18. The van der Waals surface area contributed by atoms with Crippen molar-refractivity contribution in [2.24, 2.45) is 11.8 Å². The predicted molar refractivity (Wildman–Crippen MR) is 72.6 cm³/mol. The molecule has 0 aliphatic heterocycles. The molecule has 2 unspecified atom stereocenters. The minimum Gasteiger partial charge on any atom is -0.396 e. The van der Waals surface area contributed by atoms with E-state index in [1.54, 1.807) is 6.33 Å². The Labute approximate surface area is 108 Å². The summed E-state index contributed by atoms with van der Waals surface area (Å²) in [6.45, 7) is 4.08. The number of anilines is 2. The maximum absolute atomic E-state index is 9.28. The van der Waals surface area contributed by atoms with Gasteiger partial charge < -0.3 is 15.7 Å². The number of rotatable bonds is 6. The second-order valence-corrected chi connectivity index (χ2v) is 4.83. The van der Waals surface area contributed by atoms with Gasteiger partial charge in [-0.1, -0.05) is 6.42 Å². The van der Waals surface area contributed by atoms with Gasteiger partial charge in [-0.3, -0.25) is 0 Å². The van der Waals surface area contributed by atoms with Gasteiger partial charge in [0.1, 0.15) is 18.0 Å². The summed E-state index contributed by atoms with van der Waals surface area (Å²) >= 11 is 0. The Morgan fingerprint density at radius 1 is 1.22 bits per heavy atom. The first-order valence-corrected chi connectivity index (χ1v) is 6.74. The summed E-state index contributed by atoms with van der Waals surface area (Å²) in [4.78, 5) is 8.35. The van der Waals surface area contributed by atoms with Crippen molar-refractivity contribution in [2.45, 2.75) is 26.2 Å². The van der Waals surface area contributed by atoms with Crippen molar-refractivity contribution in [3.05, 3.63) is 12.4 Å². The number of aliphatic hydroxyl groups is 1. The van der Waals surface area contributed by atoms with Crippen molar-refractivity contribution >= 4 is 11.6 Å². The van der Waals surface area contributed by atoms with Crippen LogP contribution in [0.1, 0.15) is 26.2 Å². The summed E-state index contributed by atoms with van der Waals surface area (Å²) in [6, 6.07) is 1.92. The average molecular weight is 250 g/mol. The van der Waals surface area contributed by atoms with Gasteiger partial charge in [0, 0.05) is 25.8 Å². The fourth-order valence-electron chi connectivity index (χ4n) is 2.59. The summed E-state index contributed by atoms with van der Waals surface area (Å²) in [5.74, 6) is 2.71. The third-order valence-electron chi connectivity index (χ3n) is 3.62. The van der Waals surface area contributed by atoms with E-state index in [9.17, 15) is 5.11 Å². The van der Waals surface area contributed by atoms with E-state index in [1.807, 2.05) is 13.0 Å². The molecule has 1 aliphatic rings. The van der Waals surface area contributed by atoms with Crippen molar-refractivity contribution in [1.29, 1.82) is 0 Å². The van der Waals surface area contributed by atoms with Gasteiger partial charge in [-0.15, -0.1) is 0 Å². The highest BCUT2D eigenvalue weighted by atomic mass is 16.3. The summed E-state index contributed by atoms with van der Waals surface area (Å²) in [5, 5.41) is 15.8. The van der Waals surface area contributed by atoms with Crippen LogP contribution < -0.4 is 10.6 Å². The number of nitrogens with one attached hydrogen (secondary N) is 2. The first-order chi connectivity index (χ1) is 8.83. The molecule has 2 atom stereocenters. The Hall–Kier alpha value is -1.36. The fourth-order valence-corrected chi connectivity index (χ4v) is 2.59.